The highest BCUT2D eigenvalue weighted by Crippen LogP contribution is 2.15. The van der Waals surface area contributed by atoms with Gasteiger partial charge in [0.25, 0.3) is 0 Å². The largest absolute Gasteiger partial charge is 0.379 e. The number of nitrogens with one attached hydrogen (secondary N) is 3. The van der Waals surface area contributed by atoms with Gasteiger partial charge < -0.3 is 15.4 Å². The van der Waals surface area contributed by atoms with Crippen LogP contribution in [0.15, 0.2) is 0 Å². The normalized spacial score (nSPS) is 30.1. The van der Waals surface area contributed by atoms with Crippen LogP contribution in [0.25, 0.3) is 0 Å². The number of hydrogen-bond acceptors (Lipinski definition) is 5. The molecule has 3 unspecified atom stereocenters. The molecule has 0 aromatic rings. The molecule has 0 bridgehead atoms. The van der Waals surface area contributed by atoms with Crippen LogP contribution in [0.3, 0.4) is 0 Å². The van der Waals surface area contributed by atoms with Gasteiger partial charge in [-0.25, -0.2) is 0 Å². The Morgan fingerprint density at radius 3 is 2.90 bits per heavy atom. The minimum Gasteiger partial charge on any atom is -0.379 e. The third kappa shape index (κ3) is 3.55. The molecule has 0 saturated carbocycles. The molecular formula is C13H21N3O4. The summed E-state index contributed by atoms with van der Waals surface area (Å²) in [6, 6.07) is -0.629. The highest BCUT2D eigenvalue weighted by atomic mass is 16.5. The smallest absolute Gasteiger partial charge is 0.249 e. The first kappa shape index (κ1) is 14.9. The molecule has 0 radical (unpaired) electrons. The third-order valence-electron chi connectivity index (χ3n) is 3.63. The minimum atomic E-state index is -0.618. The van der Waals surface area contributed by atoms with Gasteiger partial charge in [0, 0.05) is 12.5 Å². The molecule has 112 valence electrons. The first-order chi connectivity index (χ1) is 9.61. The van der Waals surface area contributed by atoms with Gasteiger partial charge in [-0.2, -0.15) is 0 Å². The Bertz CT molecular complexity index is 399. The highest BCUT2D eigenvalue weighted by molar-refractivity contribution is 6.01. The summed E-state index contributed by atoms with van der Waals surface area (Å²) in [6.45, 7) is 3.76. The fraction of sp³-hybridized carbons (Fsp3) is 0.769. The number of hydrogen-bond donors (Lipinski definition) is 3. The van der Waals surface area contributed by atoms with Crippen molar-refractivity contribution in [2.45, 2.75) is 38.3 Å². The first-order valence-corrected chi connectivity index (χ1v) is 7.07. The zero-order valence-electron chi connectivity index (χ0n) is 11.6. The molecule has 3 atom stereocenters. The van der Waals surface area contributed by atoms with Crippen LogP contribution in [0.4, 0.5) is 0 Å². The van der Waals surface area contributed by atoms with E-state index in [1.54, 1.807) is 0 Å². The molecule has 3 N–H and O–H groups in total. The van der Waals surface area contributed by atoms with Gasteiger partial charge >= 0.3 is 0 Å². The standard InChI is InChI=1S/C13H21N3O4/c1-2-5-14-10-7-20-6-8(10)12(18)15-9-3-4-11(17)16-13(9)19/h8-10,14H,2-7H2,1H3,(H,15,18)(H,16,17,19). The molecule has 2 rings (SSSR count). The zero-order chi connectivity index (χ0) is 14.5. The van der Waals surface area contributed by atoms with Gasteiger partial charge in [0.2, 0.25) is 17.7 Å². The van der Waals surface area contributed by atoms with E-state index in [0.29, 0.717) is 19.6 Å². The van der Waals surface area contributed by atoms with Crippen molar-refractivity contribution in [1.82, 2.24) is 16.0 Å². The van der Waals surface area contributed by atoms with Crippen LogP contribution < -0.4 is 16.0 Å². The Kier molecular flexibility index (Phi) is 5.08. The summed E-state index contributed by atoms with van der Waals surface area (Å²) in [4.78, 5) is 34.9. The van der Waals surface area contributed by atoms with Crippen molar-refractivity contribution in [1.29, 1.82) is 0 Å². The van der Waals surface area contributed by atoms with E-state index >= 15 is 0 Å². The second-order valence-electron chi connectivity index (χ2n) is 5.22. The van der Waals surface area contributed by atoms with E-state index in [4.69, 9.17) is 4.74 Å². The number of piperidine rings is 1. The number of carbonyl (C=O) groups is 3. The zero-order valence-corrected chi connectivity index (χ0v) is 11.6. The topological polar surface area (TPSA) is 96.5 Å². The Hall–Kier alpha value is -1.47. The summed E-state index contributed by atoms with van der Waals surface area (Å²) in [6.07, 6.45) is 1.60. The third-order valence-corrected chi connectivity index (χ3v) is 3.63. The lowest BCUT2D eigenvalue weighted by Crippen LogP contribution is -2.55. The minimum absolute atomic E-state index is 0.0109. The Morgan fingerprint density at radius 2 is 2.20 bits per heavy atom. The lowest BCUT2D eigenvalue weighted by atomic mass is 10.00. The molecule has 2 heterocycles. The average molecular weight is 283 g/mol. The number of carbonyl (C=O) groups excluding carboxylic acids is 3. The van der Waals surface area contributed by atoms with Crippen LogP contribution in [-0.2, 0) is 19.1 Å². The Labute approximate surface area is 117 Å². The summed E-state index contributed by atoms with van der Waals surface area (Å²) in [5.74, 6) is -1.18. The predicted octanol–water partition coefficient (Wildman–Crippen LogP) is -1.08. The maximum Gasteiger partial charge on any atom is 0.249 e. The molecule has 7 heteroatoms. The number of amides is 3. The van der Waals surface area contributed by atoms with Crippen molar-refractivity contribution in [2.75, 3.05) is 19.8 Å². The molecule has 0 aromatic heterocycles. The molecule has 7 nitrogen and oxygen atoms in total. The van der Waals surface area contributed by atoms with Crippen LogP contribution in [-0.4, -0.2) is 49.6 Å². The van der Waals surface area contributed by atoms with Crippen molar-refractivity contribution in [3.05, 3.63) is 0 Å². The highest BCUT2D eigenvalue weighted by Gasteiger charge is 2.36. The molecule has 2 aliphatic rings. The van der Waals surface area contributed by atoms with Crippen LogP contribution in [0, 0.1) is 5.92 Å². The van der Waals surface area contributed by atoms with Crippen LogP contribution in [0.5, 0.6) is 0 Å². The summed E-state index contributed by atoms with van der Waals surface area (Å²) >= 11 is 0. The summed E-state index contributed by atoms with van der Waals surface area (Å²) < 4.78 is 5.34. The van der Waals surface area contributed by atoms with Gasteiger partial charge in [0.05, 0.1) is 19.1 Å². The average Bonchev–Trinajstić information content (AvgIpc) is 2.88. The van der Waals surface area contributed by atoms with Crippen LogP contribution in [0.1, 0.15) is 26.2 Å². The molecule has 20 heavy (non-hydrogen) atoms. The van der Waals surface area contributed by atoms with E-state index in [0.717, 1.165) is 13.0 Å². The fourth-order valence-electron chi connectivity index (χ4n) is 2.45. The lowest BCUT2D eigenvalue weighted by molar-refractivity contribution is -0.138. The van der Waals surface area contributed by atoms with Crippen molar-refractivity contribution in [2.24, 2.45) is 5.92 Å². The van der Waals surface area contributed by atoms with Gasteiger partial charge in [0.15, 0.2) is 0 Å². The second kappa shape index (κ2) is 6.81. The molecule has 0 aliphatic carbocycles. The number of ether oxygens (including phenoxy) is 1. The molecule has 3 amide bonds. The quantitative estimate of drug-likeness (QED) is 0.558. The van der Waals surface area contributed by atoms with E-state index in [1.165, 1.54) is 0 Å². The van der Waals surface area contributed by atoms with E-state index in [-0.39, 0.29) is 30.2 Å². The van der Waals surface area contributed by atoms with Crippen LogP contribution in [0.2, 0.25) is 0 Å². The van der Waals surface area contributed by atoms with Crippen LogP contribution >= 0.6 is 0 Å². The molecule has 2 fully saturated rings. The van der Waals surface area contributed by atoms with Gasteiger partial charge in [-0.3, -0.25) is 19.7 Å². The lowest BCUT2D eigenvalue weighted by Gasteiger charge is -2.25. The molecule has 0 spiro atoms. The van der Waals surface area contributed by atoms with Gasteiger partial charge in [0.1, 0.15) is 6.04 Å². The number of rotatable bonds is 5. The van der Waals surface area contributed by atoms with E-state index in [2.05, 4.69) is 22.9 Å². The molecular weight excluding hydrogens is 262 g/mol. The number of imide groups is 1. The summed E-state index contributed by atoms with van der Waals surface area (Å²) in [7, 11) is 0. The monoisotopic (exact) mass is 283 g/mol. The summed E-state index contributed by atoms with van der Waals surface area (Å²) in [5, 5.41) is 8.22. The summed E-state index contributed by atoms with van der Waals surface area (Å²) in [5.41, 5.74) is 0. The van der Waals surface area contributed by atoms with E-state index in [9.17, 15) is 14.4 Å². The van der Waals surface area contributed by atoms with Crippen molar-refractivity contribution < 1.29 is 19.1 Å². The van der Waals surface area contributed by atoms with E-state index < -0.39 is 11.9 Å². The molecule has 0 aromatic carbocycles. The van der Waals surface area contributed by atoms with Gasteiger partial charge in [-0.05, 0) is 19.4 Å². The van der Waals surface area contributed by atoms with Crippen molar-refractivity contribution in [3.63, 3.8) is 0 Å². The van der Waals surface area contributed by atoms with Gasteiger partial charge in [-0.15, -0.1) is 0 Å². The first-order valence-electron chi connectivity index (χ1n) is 7.07. The van der Waals surface area contributed by atoms with Crippen molar-refractivity contribution >= 4 is 17.7 Å². The maximum absolute atomic E-state index is 12.2. The van der Waals surface area contributed by atoms with E-state index in [1.807, 2.05) is 0 Å². The maximum atomic E-state index is 12.2. The SMILES string of the molecule is CCCNC1COCC1C(=O)NC1CCC(=O)NC1=O. The molecule has 2 aliphatic heterocycles. The van der Waals surface area contributed by atoms with Crippen molar-refractivity contribution in [3.8, 4) is 0 Å². The predicted molar refractivity (Wildman–Crippen MR) is 70.7 cm³/mol. The fourth-order valence-corrected chi connectivity index (χ4v) is 2.45. The molecule has 2 saturated heterocycles. The van der Waals surface area contributed by atoms with Gasteiger partial charge in [-0.1, -0.05) is 6.92 Å². The Balaban J connectivity index is 1.87. The second-order valence-corrected chi connectivity index (χ2v) is 5.22. The Morgan fingerprint density at radius 1 is 1.40 bits per heavy atom.